The van der Waals surface area contributed by atoms with Gasteiger partial charge in [-0.25, -0.2) is 0 Å². The molecule has 1 heterocycles. The molecular formula is C17H19N3O. The van der Waals surface area contributed by atoms with Crippen LogP contribution in [-0.4, -0.2) is 20.5 Å². The molecule has 2 aromatic carbocycles. The molecule has 0 aliphatic rings. The molecule has 0 radical (unpaired) electrons. The molecule has 0 atom stereocenters. The molecule has 108 valence electrons. The van der Waals surface area contributed by atoms with Crippen molar-refractivity contribution in [3.8, 4) is 16.9 Å². The number of rotatable bonds is 1. The van der Waals surface area contributed by atoms with Crippen LogP contribution in [0, 0.1) is 6.92 Å². The lowest BCUT2D eigenvalue weighted by atomic mass is 9.82. The molecule has 21 heavy (non-hydrogen) atoms. The van der Waals surface area contributed by atoms with Crippen molar-refractivity contribution in [1.82, 2.24) is 15.4 Å². The maximum Gasteiger partial charge on any atom is 0.123 e. The number of benzene rings is 2. The van der Waals surface area contributed by atoms with Gasteiger partial charge in [0.1, 0.15) is 16.8 Å². The smallest absolute Gasteiger partial charge is 0.123 e. The van der Waals surface area contributed by atoms with E-state index in [-0.39, 0.29) is 11.2 Å². The number of nitrogens with one attached hydrogen (secondary N) is 1. The van der Waals surface area contributed by atoms with Crippen LogP contribution in [0.25, 0.3) is 22.2 Å². The average Bonchev–Trinajstić information content (AvgIpc) is 2.85. The minimum Gasteiger partial charge on any atom is -0.507 e. The van der Waals surface area contributed by atoms with Crippen molar-refractivity contribution in [3.63, 3.8) is 0 Å². The number of aromatic hydroxyl groups is 1. The highest BCUT2D eigenvalue weighted by molar-refractivity contribution is 5.93. The van der Waals surface area contributed by atoms with Crippen LogP contribution in [-0.2, 0) is 5.41 Å². The molecule has 4 nitrogen and oxygen atoms in total. The molecule has 3 rings (SSSR count). The molecule has 0 aliphatic heterocycles. The van der Waals surface area contributed by atoms with Crippen LogP contribution >= 0.6 is 0 Å². The molecule has 0 spiro atoms. The van der Waals surface area contributed by atoms with Gasteiger partial charge in [0.05, 0.1) is 0 Å². The number of phenols is 1. The Labute approximate surface area is 123 Å². The van der Waals surface area contributed by atoms with Gasteiger partial charge >= 0.3 is 0 Å². The van der Waals surface area contributed by atoms with Crippen molar-refractivity contribution >= 4 is 11.0 Å². The maximum atomic E-state index is 10.4. The molecule has 4 heteroatoms. The second-order valence-corrected chi connectivity index (χ2v) is 6.43. The van der Waals surface area contributed by atoms with Crippen molar-refractivity contribution in [2.75, 3.05) is 0 Å². The summed E-state index contributed by atoms with van der Waals surface area (Å²) < 4.78 is 0. The van der Waals surface area contributed by atoms with Crippen molar-refractivity contribution in [2.24, 2.45) is 0 Å². The first-order chi connectivity index (χ1) is 9.88. The predicted molar refractivity (Wildman–Crippen MR) is 84.4 cm³/mol. The Balaban J connectivity index is 2.30. The monoisotopic (exact) mass is 281 g/mol. The largest absolute Gasteiger partial charge is 0.507 e. The van der Waals surface area contributed by atoms with Gasteiger partial charge in [-0.2, -0.15) is 15.4 Å². The number of H-pyrrole nitrogens is 1. The van der Waals surface area contributed by atoms with E-state index in [0.29, 0.717) is 0 Å². The zero-order valence-electron chi connectivity index (χ0n) is 12.7. The number of aryl methyl sites for hydroxylation is 1. The number of hydrogen-bond acceptors (Lipinski definition) is 3. The summed E-state index contributed by atoms with van der Waals surface area (Å²) in [5, 5.41) is 21.3. The fourth-order valence-electron chi connectivity index (χ4n) is 2.80. The van der Waals surface area contributed by atoms with E-state index in [2.05, 4.69) is 42.2 Å². The summed E-state index contributed by atoms with van der Waals surface area (Å²) in [7, 11) is 0. The van der Waals surface area contributed by atoms with E-state index in [1.807, 2.05) is 31.2 Å². The van der Waals surface area contributed by atoms with E-state index in [9.17, 15) is 5.11 Å². The van der Waals surface area contributed by atoms with E-state index in [4.69, 9.17) is 0 Å². The van der Waals surface area contributed by atoms with Gasteiger partial charge in [0, 0.05) is 11.1 Å². The van der Waals surface area contributed by atoms with Gasteiger partial charge in [-0.3, -0.25) is 0 Å². The summed E-state index contributed by atoms with van der Waals surface area (Å²) in [6.45, 7) is 8.55. The van der Waals surface area contributed by atoms with Crippen LogP contribution in [0.5, 0.6) is 5.75 Å². The fourth-order valence-corrected chi connectivity index (χ4v) is 2.80. The Morgan fingerprint density at radius 2 is 1.81 bits per heavy atom. The Hall–Kier alpha value is -2.36. The van der Waals surface area contributed by atoms with Crippen LogP contribution in [0.4, 0.5) is 0 Å². The molecule has 0 bridgehead atoms. The highest BCUT2D eigenvalue weighted by Crippen LogP contribution is 2.38. The number of aromatic nitrogens is 3. The normalized spacial score (nSPS) is 12.0. The quantitative estimate of drug-likeness (QED) is 0.710. The molecule has 0 saturated carbocycles. The summed E-state index contributed by atoms with van der Waals surface area (Å²) >= 11 is 0. The molecule has 0 aliphatic carbocycles. The van der Waals surface area contributed by atoms with Gasteiger partial charge in [0.25, 0.3) is 0 Å². The van der Waals surface area contributed by atoms with Crippen LogP contribution in [0.2, 0.25) is 0 Å². The third-order valence-corrected chi connectivity index (χ3v) is 3.79. The summed E-state index contributed by atoms with van der Waals surface area (Å²) in [5.41, 5.74) is 5.59. The van der Waals surface area contributed by atoms with E-state index < -0.39 is 0 Å². The molecule has 2 N–H and O–H groups in total. The van der Waals surface area contributed by atoms with E-state index in [1.165, 1.54) is 5.56 Å². The molecule has 0 amide bonds. The predicted octanol–water partition coefficient (Wildman–Crippen LogP) is 3.94. The van der Waals surface area contributed by atoms with Gasteiger partial charge in [-0.15, -0.1) is 0 Å². The van der Waals surface area contributed by atoms with Crippen LogP contribution in [0.15, 0.2) is 30.3 Å². The SMILES string of the molecule is Cc1cc(O)c(-c2cccc3n[nH]nc23)cc1C(C)(C)C. The van der Waals surface area contributed by atoms with Gasteiger partial charge in [0.2, 0.25) is 0 Å². The molecule has 1 aromatic heterocycles. The number of phenolic OH excluding ortho intramolecular Hbond substituents is 1. The van der Waals surface area contributed by atoms with Crippen molar-refractivity contribution in [2.45, 2.75) is 33.1 Å². The van der Waals surface area contributed by atoms with Crippen molar-refractivity contribution < 1.29 is 5.11 Å². The number of nitrogens with zero attached hydrogens (tertiary/aromatic N) is 2. The topological polar surface area (TPSA) is 61.8 Å². The van der Waals surface area contributed by atoms with Crippen molar-refractivity contribution in [1.29, 1.82) is 0 Å². The lowest BCUT2D eigenvalue weighted by Crippen LogP contribution is -2.13. The first kappa shape index (κ1) is 13.6. The number of para-hydroxylation sites is 1. The summed E-state index contributed by atoms with van der Waals surface area (Å²) in [4.78, 5) is 0. The molecule has 3 aromatic rings. The van der Waals surface area contributed by atoms with Crippen molar-refractivity contribution in [3.05, 3.63) is 41.5 Å². The van der Waals surface area contributed by atoms with Gasteiger partial charge in [-0.05, 0) is 41.7 Å². The highest BCUT2D eigenvalue weighted by atomic mass is 16.3. The van der Waals surface area contributed by atoms with Crippen LogP contribution < -0.4 is 0 Å². The first-order valence-corrected chi connectivity index (χ1v) is 7.02. The minimum absolute atomic E-state index is 0.0181. The Morgan fingerprint density at radius 3 is 2.52 bits per heavy atom. The molecule has 0 unspecified atom stereocenters. The van der Waals surface area contributed by atoms with E-state index >= 15 is 0 Å². The standard InChI is InChI=1S/C17H19N3O/c1-10-8-15(21)12(9-13(10)17(2,3)4)11-6-5-7-14-16(11)19-20-18-14/h5-9,21H,1-4H3,(H,18,19,20). The summed E-state index contributed by atoms with van der Waals surface area (Å²) in [6.07, 6.45) is 0. The lowest BCUT2D eigenvalue weighted by molar-refractivity contribution is 0.475. The highest BCUT2D eigenvalue weighted by Gasteiger charge is 2.20. The second kappa shape index (κ2) is 4.58. The lowest BCUT2D eigenvalue weighted by Gasteiger charge is -2.23. The van der Waals surface area contributed by atoms with E-state index in [0.717, 1.165) is 27.7 Å². The van der Waals surface area contributed by atoms with Crippen LogP contribution in [0.1, 0.15) is 31.9 Å². The zero-order valence-corrected chi connectivity index (χ0v) is 12.7. The first-order valence-electron chi connectivity index (χ1n) is 7.02. The summed E-state index contributed by atoms with van der Waals surface area (Å²) in [5.74, 6) is 0.274. The van der Waals surface area contributed by atoms with Gasteiger partial charge in [0.15, 0.2) is 0 Å². The molecule has 0 saturated heterocycles. The third-order valence-electron chi connectivity index (χ3n) is 3.79. The maximum absolute atomic E-state index is 10.4. The summed E-state index contributed by atoms with van der Waals surface area (Å²) in [6, 6.07) is 9.68. The Kier molecular flexibility index (Phi) is 2.97. The number of aromatic amines is 1. The minimum atomic E-state index is 0.0181. The Bertz CT molecular complexity index is 813. The van der Waals surface area contributed by atoms with Gasteiger partial charge in [-0.1, -0.05) is 32.9 Å². The third kappa shape index (κ3) is 2.27. The van der Waals surface area contributed by atoms with E-state index in [1.54, 1.807) is 0 Å². The zero-order chi connectivity index (χ0) is 15.2. The molecular weight excluding hydrogens is 262 g/mol. The fraction of sp³-hybridized carbons (Fsp3) is 0.294. The average molecular weight is 281 g/mol. The van der Waals surface area contributed by atoms with Gasteiger partial charge < -0.3 is 5.11 Å². The number of fused-ring (bicyclic) bond motifs is 1. The number of hydrogen-bond donors (Lipinski definition) is 2. The second-order valence-electron chi connectivity index (χ2n) is 6.43. The molecule has 0 fully saturated rings. The Morgan fingerprint density at radius 1 is 1.05 bits per heavy atom. The van der Waals surface area contributed by atoms with Crippen LogP contribution in [0.3, 0.4) is 0 Å².